The molecule has 1 fully saturated rings. The molecule has 1 aliphatic heterocycles. The van der Waals surface area contributed by atoms with Crippen LogP contribution in [0.1, 0.15) is 0 Å². The third-order valence-electron chi connectivity index (χ3n) is 1.16. The zero-order valence-corrected chi connectivity index (χ0v) is 13.8. The Morgan fingerprint density at radius 2 is 1.40 bits per heavy atom. The minimum absolute atomic E-state index is 0.645. The van der Waals surface area contributed by atoms with Crippen LogP contribution in [-0.2, 0) is 12.3 Å². The Bertz CT molecular complexity index is 140. The second-order valence-corrected chi connectivity index (χ2v) is 10.1. The maximum atomic E-state index is 5.54. The first-order chi connectivity index (χ1) is 7.10. The maximum absolute atomic E-state index is 5.54. The van der Waals surface area contributed by atoms with Crippen molar-refractivity contribution in [1.82, 2.24) is 0 Å². The van der Waals surface area contributed by atoms with Gasteiger partial charge >= 0.3 is 8.56 Å². The molecule has 0 N–H and O–H groups in total. The average Bonchev–Trinajstić information content (AvgIpc) is 2.25. The summed E-state index contributed by atoms with van der Waals surface area (Å²) in [6.07, 6.45) is 0. The minimum atomic E-state index is -1.66. The van der Waals surface area contributed by atoms with Crippen molar-refractivity contribution >= 4 is 27.9 Å². The Kier molecular flexibility index (Phi) is 18.5. The highest BCUT2D eigenvalue weighted by molar-refractivity contribution is 6.78. The van der Waals surface area contributed by atoms with Crippen LogP contribution >= 0.6 is 0 Å². The second kappa shape index (κ2) is 13.8. The zero-order chi connectivity index (χ0) is 12.9. The van der Waals surface area contributed by atoms with Crippen molar-refractivity contribution in [3.63, 3.8) is 0 Å². The molecule has 0 aromatic carbocycles. The molecule has 90 valence electrons. The molecule has 0 bridgehead atoms. The van der Waals surface area contributed by atoms with Gasteiger partial charge in [0.05, 0.1) is 0 Å². The summed E-state index contributed by atoms with van der Waals surface area (Å²) in [6, 6.07) is 0. The van der Waals surface area contributed by atoms with Gasteiger partial charge in [0, 0.05) is 0 Å². The van der Waals surface area contributed by atoms with Crippen LogP contribution < -0.4 is 0 Å². The van der Waals surface area contributed by atoms with Gasteiger partial charge in [0.25, 0.3) is 19.3 Å². The summed E-state index contributed by atoms with van der Waals surface area (Å²) in [4.78, 5) is 0. The van der Waals surface area contributed by atoms with Crippen molar-refractivity contribution < 1.29 is 12.3 Å². The van der Waals surface area contributed by atoms with Gasteiger partial charge < -0.3 is 12.3 Å². The SMILES string of the molecule is C=C.C=C.C=C.C[SiH]1O[SiH2]O[Si](C)(C)O1. The smallest absolute Gasteiger partial charge is 0.313 e. The third-order valence-corrected chi connectivity index (χ3v) is 10.4. The summed E-state index contributed by atoms with van der Waals surface area (Å²) >= 11 is 0. The highest BCUT2D eigenvalue weighted by atomic mass is 28.5. The van der Waals surface area contributed by atoms with Crippen LogP contribution in [0, 0.1) is 0 Å². The van der Waals surface area contributed by atoms with E-state index in [1.54, 1.807) is 0 Å². The van der Waals surface area contributed by atoms with Crippen molar-refractivity contribution in [2.75, 3.05) is 0 Å². The molecule has 0 aromatic heterocycles. The maximum Gasteiger partial charge on any atom is 0.313 e. The van der Waals surface area contributed by atoms with E-state index in [9.17, 15) is 0 Å². The van der Waals surface area contributed by atoms with Crippen LogP contribution in [0.2, 0.25) is 19.6 Å². The standard InChI is InChI=1S/C3H12O3Si3.3C2H4/c1-8-4-7-5-9(2,3)6-8;3*1-2/h8H,7H2,1-3H3;3*1-2H2. The van der Waals surface area contributed by atoms with Gasteiger partial charge in [-0.2, -0.15) is 0 Å². The molecule has 1 atom stereocenters. The lowest BCUT2D eigenvalue weighted by atomic mass is 11.3. The fourth-order valence-corrected chi connectivity index (χ4v) is 8.49. The van der Waals surface area contributed by atoms with E-state index < -0.39 is 27.9 Å². The lowest BCUT2D eigenvalue weighted by molar-refractivity contribution is 0.290. The topological polar surface area (TPSA) is 27.7 Å². The molecule has 1 aliphatic rings. The molecule has 1 heterocycles. The van der Waals surface area contributed by atoms with E-state index in [4.69, 9.17) is 12.3 Å². The van der Waals surface area contributed by atoms with Gasteiger partial charge in [-0.3, -0.25) is 0 Å². The minimum Gasteiger partial charge on any atom is -0.423 e. The summed E-state index contributed by atoms with van der Waals surface area (Å²) in [6.45, 7) is 24.2. The molecule has 1 unspecified atom stereocenters. The quantitative estimate of drug-likeness (QED) is 0.495. The van der Waals surface area contributed by atoms with E-state index in [0.717, 1.165) is 0 Å². The molecule has 1 saturated heterocycles. The lowest BCUT2D eigenvalue weighted by Gasteiger charge is -2.32. The van der Waals surface area contributed by atoms with E-state index in [1.807, 2.05) is 0 Å². The number of rotatable bonds is 0. The van der Waals surface area contributed by atoms with Gasteiger partial charge in [-0.05, 0) is 19.6 Å². The van der Waals surface area contributed by atoms with Gasteiger partial charge in [0.15, 0.2) is 0 Å². The van der Waals surface area contributed by atoms with E-state index in [1.165, 1.54) is 0 Å². The summed E-state index contributed by atoms with van der Waals surface area (Å²) in [5, 5.41) is 0. The fraction of sp³-hybridized carbons (Fsp3) is 0.333. The average molecular weight is 265 g/mol. The van der Waals surface area contributed by atoms with E-state index in [0.29, 0.717) is 0 Å². The van der Waals surface area contributed by atoms with Gasteiger partial charge in [0.2, 0.25) is 0 Å². The van der Waals surface area contributed by atoms with Gasteiger partial charge in [-0.15, -0.1) is 39.5 Å². The van der Waals surface area contributed by atoms with Crippen LogP contribution in [0.4, 0.5) is 0 Å². The van der Waals surface area contributed by atoms with Crippen LogP contribution in [0.5, 0.6) is 0 Å². The molecular weight excluding hydrogens is 240 g/mol. The Hall–Kier alpha value is -0.249. The number of hydrogen-bond donors (Lipinski definition) is 0. The molecule has 0 amide bonds. The van der Waals surface area contributed by atoms with Gasteiger partial charge in [0.1, 0.15) is 0 Å². The van der Waals surface area contributed by atoms with E-state index in [-0.39, 0.29) is 0 Å². The third kappa shape index (κ3) is 13.8. The fourth-order valence-electron chi connectivity index (χ4n) is 0.739. The van der Waals surface area contributed by atoms with Crippen LogP contribution in [0.15, 0.2) is 39.5 Å². The van der Waals surface area contributed by atoms with Crippen molar-refractivity contribution in [2.45, 2.75) is 19.6 Å². The Balaban J connectivity index is -0.000000208. The molecule has 3 nitrogen and oxygen atoms in total. The normalized spacial score (nSPS) is 23.0. The molecule has 0 aromatic rings. The van der Waals surface area contributed by atoms with Crippen LogP contribution in [0.3, 0.4) is 0 Å². The first kappa shape index (κ1) is 20.2. The summed E-state index contributed by atoms with van der Waals surface area (Å²) in [5.74, 6) is 0. The highest BCUT2D eigenvalue weighted by Gasteiger charge is 2.31. The van der Waals surface area contributed by atoms with Crippen molar-refractivity contribution in [1.29, 1.82) is 0 Å². The monoisotopic (exact) mass is 264 g/mol. The molecule has 6 heteroatoms. The first-order valence-corrected chi connectivity index (χ1v) is 10.6. The Labute approximate surface area is 99.6 Å². The van der Waals surface area contributed by atoms with E-state index >= 15 is 0 Å². The number of hydrogen-bond acceptors (Lipinski definition) is 3. The Morgan fingerprint density at radius 3 is 1.60 bits per heavy atom. The summed E-state index contributed by atoms with van der Waals surface area (Å²) in [7, 11) is -3.52. The molecule has 1 rings (SSSR count). The molecule has 0 aliphatic carbocycles. The van der Waals surface area contributed by atoms with Crippen molar-refractivity contribution in [3.05, 3.63) is 39.5 Å². The predicted molar refractivity (Wildman–Crippen MR) is 76.1 cm³/mol. The predicted octanol–water partition coefficient (Wildman–Crippen LogP) is 2.01. The lowest BCUT2D eigenvalue weighted by Crippen LogP contribution is -2.48. The molecule has 15 heavy (non-hydrogen) atoms. The highest BCUT2D eigenvalue weighted by Crippen LogP contribution is 2.12. The van der Waals surface area contributed by atoms with Crippen molar-refractivity contribution in [3.8, 4) is 0 Å². The second-order valence-electron chi connectivity index (χ2n) is 2.51. The van der Waals surface area contributed by atoms with Gasteiger partial charge in [-0.25, -0.2) is 0 Å². The largest absolute Gasteiger partial charge is 0.423 e. The van der Waals surface area contributed by atoms with E-state index in [2.05, 4.69) is 59.1 Å². The molecule has 0 spiro atoms. The zero-order valence-electron chi connectivity index (χ0n) is 10.3. The first-order valence-electron chi connectivity index (χ1n) is 4.53. The van der Waals surface area contributed by atoms with Crippen LogP contribution in [0.25, 0.3) is 0 Å². The van der Waals surface area contributed by atoms with Crippen LogP contribution in [-0.4, -0.2) is 27.9 Å². The van der Waals surface area contributed by atoms with Crippen molar-refractivity contribution in [2.24, 2.45) is 0 Å². The molecular formula is C9H24O3Si3. The molecule has 0 saturated carbocycles. The Morgan fingerprint density at radius 1 is 1.00 bits per heavy atom. The van der Waals surface area contributed by atoms with Gasteiger partial charge in [-0.1, -0.05) is 0 Å². The molecule has 0 radical (unpaired) electrons. The summed E-state index contributed by atoms with van der Waals surface area (Å²) in [5.41, 5.74) is 0. The summed E-state index contributed by atoms with van der Waals surface area (Å²) < 4.78 is 16.2.